The molecule has 1 aliphatic rings. The normalized spacial score (nSPS) is 18.5. The van der Waals surface area contributed by atoms with Gasteiger partial charge in [-0.3, -0.25) is 9.00 Å². The Bertz CT molecular complexity index is 534. The molecule has 1 heterocycles. The van der Waals surface area contributed by atoms with Gasteiger partial charge in [-0.2, -0.15) is 0 Å². The van der Waals surface area contributed by atoms with Gasteiger partial charge in [-0.25, -0.2) is 0 Å². The lowest BCUT2D eigenvalue weighted by molar-refractivity contribution is -0.116. The highest BCUT2D eigenvalue weighted by molar-refractivity contribution is 7.83. The van der Waals surface area contributed by atoms with Crippen LogP contribution in [0.15, 0.2) is 18.2 Å². The molecule has 7 heteroatoms. The SMILES string of the molecule is CS(=O)Cc1cc(NC(=O)CCC2CCNC2)ccc1Cl.Cl. The molecule has 1 aromatic carbocycles. The number of carbonyl (C=O) groups excluding carboxylic acids is 1. The first-order chi connectivity index (χ1) is 10.0. The second kappa shape index (κ2) is 9.50. The number of rotatable bonds is 6. The third kappa shape index (κ3) is 6.24. The van der Waals surface area contributed by atoms with Gasteiger partial charge in [-0.15, -0.1) is 12.4 Å². The Morgan fingerprint density at radius 2 is 2.27 bits per heavy atom. The Morgan fingerprint density at radius 3 is 2.91 bits per heavy atom. The molecule has 4 nitrogen and oxygen atoms in total. The quantitative estimate of drug-likeness (QED) is 0.815. The summed E-state index contributed by atoms with van der Waals surface area (Å²) in [6, 6.07) is 5.32. The summed E-state index contributed by atoms with van der Waals surface area (Å²) in [7, 11) is -0.957. The summed E-state index contributed by atoms with van der Waals surface area (Å²) in [6.07, 6.45) is 4.24. The van der Waals surface area contributed by atoms with Gasteiger partial charge in [0.15, 0.2) is 0 Å². The van der Waals surface area contributed by atoms with Crippen molar-refractivity contribution in [1.29, 1.82) is 0 Å². The highest BCUT2D eigenvalue weighted by atomic mass is 35.5. The van der Waals surface area contributed by atoms with Crippen LogP contribution < -0.4 is 10.6 Å². The number of hydrogen-bond acceptors (Lipinski definition) is 3. The fourth-order valence-corrected chi connectivity index (χ4v) is 3.44. The number of nitrogens with one attached hydrogen (secondary N) is 2. The minimum atomic E-state index is -0.957. The first kappa shape index (κ1) is 19.4. The van der Waals surface area contributed by atoms with Gasteiger partial charge >= 0.3 is 0 Å². The summed E-state index contributed by atoms with van der Waals surface area (Å²) >= 11 is 6.07. The van der Waals surface area contributed by atoms with Crippen molar-refractivity contribution in [3.05, 3.63) is 28.8 Å². The molecule has 1 aliphatic heterocycles. The smallest absolute Gasteiger partial charge is 0.224 e. The maximum Gasteiger partial charge on any atom is 0.224 e. The molecule has 0 aromatic heterocycles. The molecule has 0 bridgehead atoms. The van der Waals surface area contributed by atoms with Crippen LogP contribution in [0.5, 0.6) is 0 Å². The van der Waals surface area contributed by atoms with Gasteiger partial charge < -0.3 is 10.6 Å². The molecule has 0 spiro atoms. The highest BCUT2D eigenvalue weighted by Gasteiger charge is 2.15. The molecule has 1 saturated heterocycles. The zero-order chi connectivity index (χ0) is 15.2. The maximum absolute atomic E-state index is 12.0. The minimum Gasteiger partial charge on any atom is -0.326 e. The highest BCUT2D eigenvalue weighted by Crippen LogP contribution is 2.22. The van der Waals surface area contributed by atoms with Crippen molar-refractivity contribution in [3.63, 3.8) is 0 Å². The van der Waals surface area contributed by atoms with Gasteiger partial charge in [0.25, 0.3) is 0 Å². The van der Waals surface area contributed by atoms with Crippen LogP contribution in [0, 0.1) is 5.92 Å². The van der Waals surface area contributed by atoms with E-state index in [1.807, 2.05) is 0 Å². The van der Waals surface area contributed by atoms with Crippen LogP contribution in [-0.2, 0) is 21.3 Å². The second-order valence-electron chi connectivity index (χ2n) is 5.47. The summed E-state index contributed by atoms with van der Waals surface area (Å²) in [5.74, 6) is 1.03. The zero-order valence-electron chi connectivity index (χ0n) is 12.6. The predicted molar refractivity (Wildman–Crippen MR) is 95.3 cm³/mol. The van der Waals surface area contributed by atoms with Crippen LogP contribution in [0.2, 0.25) is 5.02 Å². The number of benzene rings is 1. The van der Waals surface area contributed by atoms with E-state index in [-0.39, 0.29) is 18.3 Å². The van der Waals surface area contributed by atoms with Crippen molar-refractivity contribution in [2.24, 2.45) is 5.92 Å². The van der Waals surface area contributed by atoms with Crippen molar-refractivity contribution in [3.8, 4) is 0 Å². The number of anilines is 1. The van der Waals surface area contributed by atoms with E-state index in [4.69, 9.17) is 11.6 Å². The van der Waals surface area contributed by atoms with Crippen LogP contribution in [0.4, 0.5) is 5.69 Å². The third-order valence-electron chi connectivity index (χ3n) is 3.63. The Hall–Kier alpha value is -0.620. The van der Waals surface area contributed by atoms with Crippen LogP contribution in [0.3, 0.4) is 0 Å². The molecule has 124 valence electrons. The van der Waals surface area contributed by atoms with E-state index in [1.54, 1.807) is 24.5 Å². The van der Waals surface area contributed by atoms with Crippen molar-refractivity contribution in [1.82, 2.24) is 5.32 Å². The third-order valence-corrected chi connectivity index (χ3v) is 4.72. The van der Waals surface area contributed by atoms with E-state index < -0.39 is 10.8 Å². The lowest BCUT2D eigenvalue weighted by Gasteiger charge is -2.10. The van der Waals surface area contributed by atoms with E-state index in [0.29, 0.717) is 23.1 Å². The van der Waals surface area contributed by atoms with E-state index in [9.17, 15) is 9.00 Å². The molecule has 0 aliphatic carbocycles. The Balaban J connectivity index is 0.00000242. The lowest BCUT2D eigenvalue weighted by Crippen LogP contribution is -2.15. The molecule has 22 heavy (non-hydrogen) atoms. The molecule has 2 unspecified atom stereocenters. The Morgan fingerprint density at radius 1 is 1.50 bits per heavy atom. The van der Waals surface area contributed by atoms with Gasteiger partial charge in [0.1, 0.15) is 0 Å². The predicted octanol–water partition coefficient (Wildman–Crippen LogP) is 2.97. The summed E-state index contributed by atoms with van der Waals surface area (Å²) < 4.78 is 11.3. The van der Waals surface area contributed by atoms with Gasteiger partial charge in [0, 0.05) is 39.9 Å². The zero-order valence-corrected chi connectivity index (χ0v) is 15.0. The standard InChI is InChI=1S/C15H21ClN2O2S.ClH/c1-21(20)10-12-8-13(3-4-14(12)16)18-15(19)5-2-11-6-7-17-9-11;/h3-4,8,11,17H,2,5-7,9-10H2,1H3,(H,18,19);1H. The first-order valence-corrected chi connectivity index (χ1v) is 9.24. The van der Waals surface area contributed by atoms with Crippen LogP contribution in [-0.4, -0.2) is 29.5 Å². The molecular weight excluding hydrogens is 343 g/mol. The lowest BCUT2D eigenvalue weighted by atomic mass is 10.0. The van der Waals surface area contributed by atoms with Gasteiger partial charge in [0.05, 0.1) is 0 Å². The van der Waals surface area contributed by atoms with E-state index in [2.05, 4.69) is 10.6 Å². The molecule has 2 rings (SSSR count). The molecule has 1 amide bonds. The number of carbonyl (C=O) groups is 1. The molecule has 2 N–H and O–H groups in total. The van der Waals surface area contributed by atoms with Crippen LogP contribution in [0.1, 0.15) is 24.8 Å². The fraction of sp³-hybridized carbons (Fsp3) is 0.533. The van der Waals surface area contributed by atoms with Crippen LogP contribution >= 0.6 is 24.0 Å². The minimum absolute atomic E-state index is 0. The Labute approximate surface area is 145 Å². The second-order valence-corrected chi connectivity index (χ2v) is 7.31. The van der Waals surface area contributed by atoms with E-state index in [1.165, 1.54) is 0 Å². The summed E-state index contributed by atoms with van der Waals surface area (Å²) in [5, 5.41) is 6.78. The molecule has 0 saturated carbocycles. The summed E-state index contributed by atoms with van der Waals surface area (Å²) in [6.45, 7) is 2.07. The number of hydrogen-bond donors (Lipinski definition) is 2. The topological polar surface area (TPSA) is 58.2 Å². The monoisotopic (exact) mass is 364 g/mol. The van der Waals surface area contributed by atoms with E-state index >= 15 is 0 Å². The van der Waals surface area contributed by atoms with Crippen LogP contribution in [0.25, 0.3) is 0 Å². The number of halogens is 2. The Kier molecular flexibility index (Phi) is 8.39. The average molecular weight is 365 g/mol. The van der Waals surface area contributed by atoms with E-state index in [0.717, 1.165) is 37.2 Å². The number of amides is 1. The molecule has 1 fully saturated rings. The van der Waals surface area contributed by atoms with Crippen molar-refractivity contribution >= 4 is 46.4 Å². The van der Waals surface area contributed by atoms with Gasteiger partial charge in [-0.05, 0) is 55.6 Å². The van der Waals surface area contributed by atoms with Crippen molar-refractivity contribution in [2.45, 2.75) is 25.0 Å². The summed E-state index contributed by atoms with van der Waals surface area (Å²) in [5.41, 5.74) is 1.52. The molecule has 2 atom stereocenters. The van der Waals surface area contributed by atoms with Gasteiger partial charge in [-0.1, -0.05) is 11.6 Å². The largest absolute Gasteiger partial charge is 0.326 e. The maximum atomic E-state index is 12.0. The van der Waals surface area contributed by atoms with Gasteiger partial charge in [0.2, 0.25) is 5.91 Å². The fourth-order valence-electron chi connectivity index (χ4n) is 2.50. The average Bonchev–Trinajstić information content (AvgIpc) is 2.93. The molecule has 0 radical (unpaired) electrons. The first-order valence-electron chi connectivity index (χ1n) is 7.13. The molecule has 1 aromatic rings. The molecular formula is C15H22Cl2N2O2S. The summed E-state index contributed by atoms with van der Waals surface area (Å²) in [4.78, 5) is 12.0. The van der Waals surface area contributed by atoms with Crippen molar-refractivity contribution < 1.29 is 9.00 Å². The van der Waals surface area contributed by atoms with Crippen molar-refractivity contribution in [2.75, 3.05) is 24.7 Å².